The van der Waals surface area contributed by atoms with E-state index < -0.39 is 0 Å². The minimum absolute atomic E-state index is 0.216. The molecule has 114 valence electrons. The largest absolute Gasteiger partial charge is 0.332 e. The third kappa shape index (κ3) is 3.55. The topological polar surface area (TPSA) is 41.1 Å². The Morgan fingerprint density at radius 1 is 0.957 bits per heavy atom. The van der Waals surface area contributed by atoms with Gasteiger partial charge in [0.15, 0.2) is 5.11 Å². The molecular formula is C19H16N2OS. The van der Waals surface area contributed by atoms with E-state index in [1.165, 1.54) is 0 Å². The fraction of sp³-hybridized carbons (Fsp3) is 0.0526. The van der Waals surface area contributed by atoms with E-state index in [2.05, 4.69) is 10.6 Å². The van der Waals surface area contributed by atoms with Crippen LogP contribution in [0, 0.1) is 6.92 Å². The van der Waals surface area contributed by atoms with Gasteiger partial charge in [-0.3, -0.25) is 10.1 Å². The summed E-state index contributed by atoms with van der Waals surface area (Å²) in [6, 6.07) is 21.3. The number of rotatable bonds is 2. The molecule has 3 nitrogen and oxygen atoms in total. The van der Waals surface area contributed by atoms with Crippen molar-refractivity contribution in [2.24, 2.45) is 0 Å². The minimum Gasteiger partial charge on any atom is -0.332 e. The van der Waals surface area contributed by atoms with Gasteiger partial charge in [0.25, 0.3) is 5.91 Å². The lowest BCUT2D eigenvalue weighted by Gasteiger charge is -2.12. The van der Waals surface area contributed by atoms with Crippen LogP contribution >= 0.6 is 12.2 Å². The number of hydrogen-bond donors (Lipinski definition) is 2. The summed E-state index contributed by atoms with van der Waals surface area (Å²) in [5, 5.41) is 8.28. The van der Waals surface area contributed by atoms with Gasteiger partial charge in [-0.25, -0.2) is 0 Å². The Balaban J connectivity index is 1.75. The lowest BCUT2D eigenvalue weighted by atomic mass is 10.1. The van der Waals surface area contributed by atoms with E-state index in [0.717, 1.165) is 22.0 Å². The van der Waals surface area contributed by atoms with Crippen LogP contribution in [0.25, 0.3) is 10.8 Å². The number of carbonyl (C=O) groups excluding carboxylic acids is 1. The Morgan fingerprint density at radius 3 is 2.52 bits per heavy atom. The van der Waals surface area contributed by atoms with Gasteiger partial charge in [-0.15, -0.1) is 0 Å². The molecule has 0 aliphatic carbocycles. The molecule has 0 atom stereocenters. The fourth-order valence-electron chi connectivity index (χ4n) is 2.45. The average Bonchev–Trinajstić information content (AvgIpc) is 2.55. The Labute approximate surface area is 140 Å². The Hall–Kier alpha value is -2.72. The molecule has 2 N–H and O–H groups in total. The molecule has 0 saturated heterocycles. The summed E-state index contributed by atoms with van der Waals surface area (Å²) in [5.74, 6) is -0.216. The number of nitrogens with one attached hydrogen (secondary N) is 2. The molecule has 1 amide bonds. The number of benzene rings is 3. The number of hydrogen-bond acceptors (Lipinski definition) is 2. The zero-order valence-electron chi connectivity index (χ0n) is 12.7. The second kappa shape index (κ2) is 6.58. The maximum Gasteiger partial charge on any atom is 0.257 e. The van der Waals surface area contributed by atoms with Crippen molar-refractivity contribution in [2.75, 3.05) is 5.32 Å². The number of carbonyl (C=O) groups is 1. The van der Waals surface area contributed by atoms with Crippen molar-refractivity contribution in [2.45, 2.75) is 6.92 Å². The van der Waals surface area contributed by atoms with Crippen molar-refractivity contribution < 1.29 is 4.79 Å². The maximum absolute atomic E-state index is 12.2. The van der Waals surface area contributed by atoms with E-state index in [0.29, 0.717) is 5.56 Å². The number of fused-ring (bicyclic) bond motifs is 1. The SMILES string of the molecule is Cc1cccc(C(=O)NC(=S)Nc2cccc3ccccc23)c1. The molecule has 3 aromatic rings. The third-order valence-electron chi connectivity index (χ3n) is 3.55. The molecule has 0 bridgehead atoms. The van der Waals surface area contributed by atoms with Crippen molar-refractivity contribution >= 4 is 39.7 Å². The van der Waals surface area contributed by atoms with Crippen LogP contribution in [0.5, 0.6) is 0 Å². The lowest BCUT2D eigenvalue weighted by Crippen LogP contribution is -2.34. The molecule has 0 aromatic heterocycles. The Bertz CT molecular complexity index is 884. The molecule has 0 fully saturated rings. The molecule has 0 aliphatic heterocycles. The number of anilines is 1. The van der Waals surface area contributed by atoms with Crippen LogP contribution in [0.2, 0.25) is 0 Å². The highest BCUT2D eigenvalue weighted by Gasteiger charge is 2.09. The quantitative estimate of drug-likeness (QED) is 0.693. The Morgan fingerprint density at radius 2 is 1.70 bits per heavy atom. The van der Waals surface area contributed by atoms with Crippen LogP contribution < -0.4 is 10.6 Å². The zero-order chi connectivity index (χ0) is 16.2. The number of thiocarbonyl (C=S) groups is 1. The third-order valence-corrected chi connectivity index (χ3v) is 3.75. The standard InChI is InChI=1S/C19H16N2OS/c1-13-6-4-9-15(12-13)18(22)21-19(23)20-17-11-5-8-14-7-2-3-10-16(14)17/h2-12H,1H3,(H2,20,21,22,23). The molecule has 0 aliphatic rings. The van der Waals surface area contributed by atoms with Gasteiger partial charge in [0.1, 0.15) is 0 Å². The highest BCUT2D eigenvalue weighted by Crippen LogP contribution is 2.22. The second-order valence-corrected chi connectivity index (χ2v) is 5.71. The molecule has 0 unspecified atom stereocenters. The molecule has 0 radical (unpaired) electrons. The van der Waals surface area contributed by atoms with Gasteiger partial charge in [-0.1, -0.05) is 54.1 Å². The molecule has 0 spiro atoms. The maximum atomic E-state index is 12.2. The fourth-order valence-corrected chi connectivity index (χ4v) is 2.65. The normalized spacial score (nSPS) is 10.3. The van der Waals surface area contributed by atoms with Crippen molar-refractivity contribution in [1.29, 1.82) is 0 Å². The summed E-state index contributed by atoms with van der Waals surface area (Å²) < 4.78 is 0. The summed E-state index contributed by atoms with van der Waals surface area (Å²) >= 11 is 5.26. The van der Waals surface area contributed by atoms with Crippen LogP contribution in [-0.2, 0) is 0 Å². The molecule has 3 rings (SSSR count). The first-order valence-corrected chi connectivity index (χ1v) is 7.71. The first kappa shape index (κ1) is 15.2. The zero-order valence-corrected chi connectivity index (χ0v) is 13.5. The molecule has 0 heterocycles. The molecule has 3 aromatic carbocycles. The van der Waals surface area contributed by atoms with Crippen molar-refractivity contribution in [3.63, 3.8) is 0 Å². The van der Waals surface area contributed by atoms with Gasteiger partial charge in [0, 0.05) is 16.6 Å². The second-order valence-electron chi connectivity index (χ2n) is 5.30. The lowest BCUT2D eigenvalue weighted by molar-refractivity contribution is 0.0977. The van der Waals surface area contributed by atoms with E-state index in [9.17, 15) is 4.79 Å². The van der Waals surface area contributed by atoms with E-state index >= 15 is 0 Å². The highest BCUT2D eigenvalue weighted by molar-refractivity contribution is 7.80. The van der Waals surface area contributed by atoms with E-state index in [-0.39, 0.29) is 11.0 Å². The summed E-state index contributed by atoms with van der Waals surface area (Å²) in [5.41, 5.74) is 2.50. The smallest absolute Gasteiger partial charge is 0.257 e. The van der Waals surface area contributed by atoms with Gasteiger partial charge in [-0.2, -0.15) is 0 Å². The number of aryl methyl sites for hydroxylation is 1. The Kier molecular flexibility index (Phi) is 4.35. The van der Waals surface area contributed by atoms with Gasteiger partial charge >= 0.3 is 0 Å². The van der Waals surface area contributed by atoms with Crippen LogP contribution in [0.15, 0.2) is 66.7 Å². The van der Waals surface area contributed by atoms with E-state index in [4.69, 9.17) is 12.2 Å². The first-order chi connectivity index (χ1) is 11.1. The first-order valence-electron chi connectivity index (χ1n) is 7.30. The van der Waals surface area contributed by atoms with Crippen molar-refractivity contribution in [3.8, 4) is 0 Å². The van der Waals surface area contributed by atoms with Crippen LogP contribution in [0.3, 0.4) is 0 Å². The average molecular weight is 320 g/mol. The summed E-state index contributed by atoms with van der Waals surface area (Å²) in [6.45, 7) is 1.95. The highest BCUT2D eigenvalue weighted by atomic mass is 32.1. The van der Waals surface area contributed by atoms with Gasteiger partial charge in [-0.05, 0) is 42.7 Å². The van der Waals surface area contributed by atoms with Crippen LogP contribution in [-0.4, -0.2) is 11.0 Å². The molecule has 0 saturated carbocycles. The van der Waals surface area contributed by atoms with Gasteiger partial charge < -0.3 is 5.32 Å². The predicted octanol–water partition coefficient (Wildman–Crippen LogP) is 4.28. The molecule has 4 heteroatoms. The van der Waals surface area contributed by atoms with Crippen molar-refractivity contribution in [1.82, 2.24) is 5.32 Å². The van der Waals surface area contributed by atoms with Gasteiger partial charge in [0.2, 0.25) is 0 Å². The van der Waals surface area contributed by atoms with Crippen LogP contribution in [0.4, 0.5) is 5.69 Å². The summed E-state index contributed by atoms with van der Waals surface area (Å²) in [6.07, 6.45) is 0. The number of amides is 1. The molecule has 23 heavy (non-hydrogen) atoms. The predicted molar refractivity (Wildman–Crippen MR) is 98.8 cm³/mol. The summed E-state index contributed by atoms with van der Waals surface area (Å²) in [4.78, 5) is 12.2. The van der Waals surface area contributed by atoms with Crippen molar-refractivity contribution in [3.05, 3.63) is 77.9 Å². The van der Waals surface area contributed by atoms with Gasteiger partial charge in [0.05, 0.1) is 0 Å². The minimum atomic E-state index is -0.216. The van der Waals surface area contributed by atoms with E-state index in [1.807, 2.05) is 67.6 Å². The summed E-state index contributed by atoms with van der Waals surface area (Å²) in [7, 11) is 0. The monoisotopic (exact) mass is 320 g/mol. The molecular weight excluding hydrogens is 304 g/mol. The van der Waals surface area contributed by atoms with E-state index in [1.54, 1.807) is 6.07 Å². The van der Waals surface area contributed by atoms with Crippen LogP contribution in [0.1, 0.15) is 15.9 Å².